The Labute approximate surface area is 227 Å². The van der Waals surface area contributed by atoms with Crippen molar-refractivity contribution in [1.29, 1.82) is 5.26 Å². The molecule has 1 amide bonds. The summed E-state index contributed by atoms with van der Waals surface area (Å²) in [6.45, 7) is 5.65. The summed E-state index contributed by atoms with van der Waals surface area (Å²) in [6.07, 6.45) is 6.52. The summed E-state index contributed by atoms with van der Waals surface area (Å²) in [5.74, 6) is 0.281. The van der Waals surface area contributed by atoms with Crippen LogP contribution in [0.5, 0.6) is 0 Å². The fourth-order valence-corrected chi connectivity index (χ4v) is 5.99. The van der Waals surface area contributed by atoms with E-state index in [2.05, 4.69) is 16.2 Å². The first-order valence-electron chi connectivity index (χ1n) is 13.3. The van der Waals surface area contributed by atoms with Crippen LogP contribution in [0.1, 0.15) is 63.6 Å². The van der Waals surface area contributed by atoms with Crippen LogP contribution in [0.4, 0.5) is 10.6 Å². The molecular formula is C30H31N7O2. The van der Waals surface area contributed by atoms with Gasteiger partial charge in [0.15, 0.2) is 5.65 Å². The Hall–Kier alpha value is -4.45. The largest absolute Gasteiger partial charge is 0.444 e. The first-order chi connectivity index (χ1) is 18.7. The molecule has 9 nitrogen and oxygen atoms in total. The number of nitriles is 1. The Bertz CT molecular complexity index is 1570. The quantitative estimate of drug-likeness (QED) is 0.374. The molecule has 2 aliphatic rings. The van der Waals surface area contributed by atoms with Gasteiger partial charge in [-0.1, -0.05) is 36.4 Å². The third kappa shape index (κ3) is 4.46. The van der Waals surface area contributed by atoms with Gasteiger partial charge in [-0.3, -0.25) is 4.98 Å². The number of nitrogens with zero attached hydrogens (tertiary/aromatic N) is 6. The van der Waals surface area contributed by atoms with E-state index >= 15 is 0 Å². The summed E-state index contributed by atoms with van der Waals surface area (Å²) in [4.78, 5) is 24.5. The molecule has 2 aliphatic heterocycles. The van der Waals surface area contributed by atoms with Gasteiger partial charge in [0.25, 0.3) is 0 Å². The second-order valence-corrected chi connectivity index (χ2v) is 11.4. The summed E-state index contributed by atoms with van der Waals surface area (Å²) < 4.78 is 7.23. The highest BCUT2D eigenvalue weighted by Crippen LogP contribution is 2.45. The highest BCUT2D eigenvalue weighted by molar-refractivity contribution is 5.79. The molecule has 2 bridgehead atoms. The molecule has 6 rings (SSSR count). The lowest BCUT2D eigenvalue weighted by atomic mass is 9.86. The molecule has 2 saturated heterocycles. The Balaban J connectivity index is 1.34. The Morgan fingerprint density at radius 3 is 2.38 bits per heavy atom. The number of ether oxygens (including phenoxy) is 1. The van der Waals surface area contributed by atoms with Crippen molar-refractivity contribution < 1.29 is 9.53 Å². The SMILES string of the molecule is CC(C)(C)OC(=O)N1C2CCC1CC(c1nc3c(-c4ccc(-c5ccccc5)nc4)cnn3c(N)c1C#N)C2. The van der Waals surface area contributed by atoms with Crippen molar-refractivity contribution >= 4 is 17.6 Å². The zero-order valence-electron chi connectivity index (χ0n) is 22.3. The third-order valence-electron chi connectivity index (χ3n) is 7.69. The standard InChI is InChI=1S/C30H31N7O2/c1-30(2,3)39-29(38)36-21-10-11-22(36)14-20(13-21)26-23(15-31)27(32)37-28(35-26)24(17-34-37)19-9-12-25(33-16-19)18-7-5-4-6-8-18/h4-9,12,16-17,20-22H,10-11,13-14,32H2,1-3H3. The number of nitrogen functional groups attached to an aromatic ring is 1. The van der Waals surface area contributed by atoms with Crippen LogP contribution in [-0.2, 0) is 4.74 Å². The zero-order valence-corrected chi connectivity index (χ0v) is 22.3. The van der Waals surface area contributed by atoms with Crippen molar-refractivity contribution in [3.63, 3.8) is 0 Å². The van der Waals surface area contributed by atoms with Crippen LogP contribution in [-0.4, -0.2) is 48.3 Å². The maximum atomic E-state index is 12.9. The van der Waals surface area contributed by atoms with Gasteiger partial charge in [0.1, 0.15) is 23.1 Å². The summed E-state index contributed by atoms with van der Waals surface area (Å²) in [5, 5.41) is 14.5. The molecule has 0 aliphatic carbocycles. The van der Waals surface area contributed by atoms with E-state index in [1.165, 1.54) is 4.52 Å². The molecule has 9 heteroatoms. The van der Waals surface area contributed by atoms with Gasteiger partial charge >= 0.3 is 6.09 Å². The Morgan fingerprint density at radius 1 is 1.05 bits per heavy atom. The first kappa shape index (κ1) is 24.9. The third-order valence-corrected chi connectivity index (χ3v) is 7.69. The maximum absolute atomic E-state index is 12.9. The number of rotatable bonds is 3. The number of benzene rings is 1. The lowest BCUT2D eigenvalue weighted by molar-refractivity contribution is 0.00569. The second-order valence-electron chi connectivity index (χ2n) is 11.4. The second kappa shape index (κ2) is 9.38. The fraction of sp³-hybridized carbons (Fsp3) is 0.367. The zero-order chi connectivity index (χ0) is 27.3. The van der Waals surface area contributed by atoms with Gasteiger partial charge in [-0.25, -0.2) is 9.78 Å². The number of anilines is 1. The molecule has 0 saturated carbocycles. The monoisotopic (exact) mass is 521 g/mol. The molecule has 2 unspecified atom stereocenters. The van der Waals surface area contributed by atoms with Gasteiger partial charge in [0.05, 0.1) is 17.6 Å². The number of hydrogen-bond acceptors (Lipinski definition) is 7. The number of carbonyl (C=O) groups is 1. The van der Waals surface area contributed by atoms with E-state index < -0.39 is 5.60 Å². The number of piperidine rings is 1. The maximum Gasteiger partial charge on any atom is 0.410 e. The molecule has 4 aromatic rings. The Kier molecular flexibility index (Phi) is 5.98. The topological polar surface area (TPSA) is 122 Å². The summed E-state index contributed by atoms with van der Waals surface area (Å²) >= 11 is 0. The molecule has 0 radical (unpaired) electrons. The van der Waals surface area contributed by atoms with E-state index in [1.54, 1.807) is 6.20 Å². The van der Waals surface area contributed by atoms with Gasteiger partial charge in [0, 0.05) is 40.9 Å². The molecule has 0 spiro atoms. The number of hydrogen-bond donors (Lipinski definition) is 1. The minimum absolute atomic E-state index is 0.00414. The number of pyridine rings is 1. The molecule has 2 fully saturated rings. The minimum atomic E-state index is -0.547. The van der Waals surface area contributed by atoms with Crippen LogP contribution >= 0.6 is 0 Å². The van der Waals surface area contributed by atoms with Crippen molar-refractivity contribution in [1.82, 2.24) is 24.5 Å². The van der Waals surface area contributed by atoms with Crippen molar-refractivity contribution in [3.8, 4) is 28.5 Å². The molecule has 5 heterocycles. The smallest absolute Gasteiger partial charge is 0.410 e. The van der Waals surface area contributed by atoms with Crippen LogP contribution in [0.2, 0.25) is 0 Å². The van der Waals surface area contributed by atoms with Gasteiger partial charge < -0.3 is 15.4 Å². The van der Waals surface area contributed by atoms with Crippen molar-refractivity contribution in [2.45, 2.75) is 70.1 Å². The van der Waals surface area contributed by atoms with Crippen molar-refractivity contribution in [2.24, 2.45) is 0 Å². The molecule has 198 valence electrons. The lowest BCUT2D eigenvalue weighted by Crippen LogP contribution is -2.48. The van der Waals surface area contributed by atoms with Gasteiger partial charge in [-0.05, 0) is 52.5 Å². The number of carbonyl (C=O) groups excluding carboxylic acids is 1. The van der Waals surface area contributed by atoms with Gasteiger partial charge in [-0.15, -0.1) is 0 Å². The van der Waals surface area contributed by atoms with Gasteiger partial charge in [0.2, 0.25) is 0 Å². The fourth-order valence-electron chi connectivity index (χ4n) is 5.99. The van der Waals surface area contributed by atoms with Gasteiger partial charge in [-0.2, -0.15) is 14.9 Å². The minimum Gasteiger partial charge on any atom is -0.444 e. The number of fused-ring (bicyclic) bond motifs is 3. The van der Waals surface area contributed by atoms with E-state index in [0.717, 1.165) is 35.2 Å². The molecule has 39 heavy (non-hydrogen) atoms. The average molecular weight is 522 g/mol. The van der Waals surface area contributed by atoms with Crippen LogP contribution in [0, 0.1) is 11.3 Å². The predicted molar refractivity (Wildman–Crippen MR) is 148 cm³/mol. The van der Waals surface area contributed by atoms with E-state index in [4.69, 9.17) is 15.5 Å². The summed E-state index contributed by atoms with van der Waals surface area (Å²) in [6, 6.07) is 16.4. The molecule has 1 aromatic carbocycles. The summed E-state index contributed by atoms with van der Waals surface area (Å²) in [7, 11) is 0. The van der Waals surface area contributed by atoms with Crippen molar-refractivity contribution in [2.75, 3.05) is 5.73 Å². The lowest BCUT2D eigenvalue weighted by Gasteiger charge is -2.39. The number of nitrogens with two attached hydrogens (primary N) is 1. The first-order valence-corrected chi connectivity index (χ1v) is 13.3. The van der Waals surface area contributed by atoms with E-state index in [9.17, 15) is 10.1 Å². The van der Waals surface area contributed by atoms with E-state index in [-0.39, 0.29) is 29.9 Å². The Morgan fingerprint density at radius 2 is 1.77 bits per heavy atom. The molecule has 2 atom stereocenters. The predicted octanol–water partition coefficient (Wildman–Crippen LogP) is 5.56. The number of amides is 1. The highest BCUT2D eigenvalue weighted by atomic mass is 16.6. The molecule has 3 aromatic heterocycles. The van der Waals surface area contributed by atoms with Crippen molar-refractivity contribution in [3.05, 3.63) is 66.1 Å². The number of aromatic nitrogens is 4. The van der Waals surface area contributed by atoms with Crippen LogP contribution in [0.25, 0.3) is 28.0 Å². The molecular weight excluding hydrogens is 490 g/mol. The normalized spacial score (nSPS) is 20.7. The highest BCUT2D eigenvalue weighted by Gasteiger charge is 2.46. The van der Waals surface area contributed by atoms with Crippen LogP contribution in [0.15, 0.2) is 54.9 Å². The average Bonchev–Trinajstić information content (AvgIpc) is 3.46. The molecule has 2 N–H and O–H groups in total. The van der Waals surface area contributed by atoms with E-state index in [1.807, 2.05) is 74.3 Å². The van der Waals surface area contributed by atoms with Crippen LogP contribution in [0.3, 0.4) is 0 Å². The van der Waals surface area contributed by atoms with E-state index in [0.29, 0.717) is 29.7 Å². The summed E-state index contributed by atoms with van der Waals surface area (Å²) in [5.41, 5.74) is 11.2. The van der Waals surface area contributed by atoms with Crippen LogP contribution < -0.4 is 5.73 Å².